The summed E-state index contributed by atoms with van der Waals surface area (Å²) < 4.78 is 0. The van der Waals surface area contributed by atoms with Crippen LogP contribution in [-0.4, -0.2) is 0 Å². The van der Waals surface area contributed by atoms with Crippen molar-refractivity contribution in [3.8, 4) is 33.4 Å². The van der Waals surface area contributed by atoms with E-state index < -0.39 is 5.41 Å². The van der Waals surface area contributed by atoms with E-state index >= 15 is 0 Å². The number of para-hydroxylation sites is 1. The quantitative estimate of drug-likeness (QED) is 0.147. The number of hydrogen-bond donors (Lipinski definition) is 0. The van der Waals surface area contributed by atoms with Crippen LogP contribution >= 0.6 is 0 Å². The zero-order chi connectivity index (χ0) is 45.5. The first-order valence-electron chi connectivity index (χ1n) is 24.6. The summed E-state index contributed by atoms with van der Waals surface area (Å²) in [5.41, 5.74) is 19.8. The van der Waals surface area contributed by atoms with Gasteiger partial charge in [-0.25, -0.2) is 0 Å². The Bertz CT molecular complexity index is 2860. The van der Waals surface area contributed by atoms with Crippen LogP contribution in [0.1, 0.15) is 131 Å². The van der Waals surface area contributed by atoms with E-state index in [1.165, 1.54) is 117 Å². The number of nitrogens with zero attached hydrogens (tertiary/aromatic N) is 1. The van der Waals surface area contributed by atoms with Crippen molar-refractivity contribution in [3.05, 3.63) is 233 Å². The first-order valence-corrected chi connectivity index (χ1v) is 24.6. The van der Waals surface area contributed by atoms with E-state index in [-0.39, 0.29) is 10.8 Å². The Morgan fingerprint density at radius 1 is 0.394 bits per heavy atom. The van der Waals surface area contributed by atoms with Gasteiger partial charge in [-0.1, -0.05) is 237 Å². The molecule has 0 aliphatic heterocycles. The lowest BCUT2D eigenvalue weighted by atomic mass is 9.67. The molecule has 0 unspecified atom stereocenters. The Morgan fingerprint density at radius 2 is 0.879 bits per heavy atom. The summed E-state index contributed by atoms with van der Waals surface area (Å²) in [4.78, 5) is 2.49. The highest BCUT2D eigenvalue weighted by Crippen LogP contribution is 2.58. The number of anilines is 3. The van der Waals surface area contributed by atoms with Gasteiger partial charge in [-0.2, -0.15) is 0 Å². The molecule has 0 heterocycles. The third kappa shape index (κ3) is 8.12. The highest BCUT2D eigenvalue weighted by atomic mass is 15.1. The topological polar surface area (TPSA) is 3.24 Å². The van der Waals surface area contributed by atoms with Crippen molar-refractivity contribution in [1.29, 1.82) is 0 Å². The van der Waals surface area contributed by atoms with Crippen LogP contribution in [0.2, 0.25) is 0 Å². The minimum Gasteiger partial charge on any atom is -0.310 e. The Kier molecular flexibility index (Phi) is 11.7. The molecule has 0 spiro atoms. The van der Waals surface area contributed by atoms with Crippen LogP contribution in [0.5, 0.6) is 0 Å². The average molecular weight is 860 g/mol. The van der Waals surface area contributed by atoms with Gasteiger partial charge in [-0.05, 0) is 127 Å². The van der Waals surface area contributed by atoms with Crippen molar-refractivity contribution < 1.29 is 0 Å². The van der Waals surface area contributed by atoms with Gasteiger partial charge in [0.15, 0.2) is 0 Å². The summed E-state index contributed by atoms with van der Waals surface area (Å²) >= 11 is 0. The lowest BCUT2D eigenvalue weighted by molar-refractivity contribution is 0.455. The molecule has 0 aromatic heterocycles. The summed E-state index contributed by atoms with van der Waals surface area (Å²) in [7, 11) is 0. The third-order valence-electron chi connectivity index (χ3n) is 14.8. The van der Waals surface area contributed by atoms with Crippen LogP contribution in [-0.2, 0) is 16.2 Å². The maximum absolute atomic E-state index is 2.51. The van der Waals surface area contributed by atoms with Gasteiger partial charge in [0, 0.05) is 16.9 Å². The minimum absolute atomic E-state index is 0.0400. The molecule has 0 saturated heterocycles. The maximum atomic E-state index is 2.51. The number of hydrogen-bond acceptors (Lipinski definition) is 1. The molecule has 0 atom stereocenters. The molecular weight excluding hydrogens is 795 g/mol. The Hall–Kier alpha value is -6.44. The maximum Gasteiger partial charge on any atom is 0.0714 e. The molecular formula is C65H65N. The molecule has 2 aliphatic rings. The second-order valence-electron chi connectivity index (χ2n) is 21.1. The largest absolute Gasteiger partial charge is 0.310 e. The van der Waals surface area contributed by atoms with Gasteiger partial charge >= 0.3 is 0 Å². The molecule has 1 nitrogen and oxygen atoms in total. The zero-order valence-electron chi connectivity index (χ0n) is 39.9. The van der Waals surface area contributed by atoms with Crippen LogP contribution in [0.15, 0.2) is 194 Å². The van der Waals surface area contributed by atoms with E-state index in [9.17, 15) is 0 Å². The molecule has 8 aromatic rings. The van der Waals surface area contributed by atoms with Crippen LogP contribution < -0.4 is 4.90 Å². The summed E-state index contributed by atoms with van der Waals surface area (Å²) in [5, 5.41) is 0. The fourth-order valence-corrected chi connectivity index (χ4v) is 11.1. The van der Waals surface area contributed by atoms with E-state index in [0.29, 0.717) is 5.92 Å². The van der Waals surface area contributed by atoms with Crippen LogP contribution in [0, 0.1) is 0 Å². The predicted molar refractivity (Wildman–Crippen MR) is 282 cm³/mol. The smallest absolute Gasteiger partial charge is 0.0714 e. The van der Waals surface area contributed by atoms with E-state index in [2.05, 4.69) is 241 Å². The van der Waals surface area contributed by atoms with Gasteiger partial charge in [0.05, 0.1) is 11.1 Å². The van der Waals surface area contributed by atoms with Crippen molar-refractivity contribution >= 4 is 17.1 Å². The van der Waals surface area contributed by atoms with E-state index in [1.54, 1.807) is 0 Å². The monoisotopic (exact) mass is 860 g/mol. The predicted octanol–water partition coefficient (Wildman–Crippen LogP) is 18.3. The molecule has 2 aliphatic carbocycles. The summed E-state index contributed by atoms with van der Waals surface area (Å²) in [6.07, 6.45) is 9.50. The van der Waals surface area contributed by atoms with Crippen LogP contribution in [0.25, 0.3) is 33.4 Å². The lowest BCUT2D eigenvalue weighted by Gasteiger charge is -2.36. The summed E-state index contributed by atoms with van der Waals surface area (Å²) in [6, 6.07) is 74.0. The Morgan fingerprint density at radius 3 is 1.47 bits per heavy atom. The van der Waals surface area contributed by atoms with E-state index in [4.69, 9.17) is 0 Å². The average Bonchev–Trinajstić information content (AvgIpc) is 3.62. The summed E-state index contributed by atoms with van der Waals surface area (Å²) in [6.45, 7) is 13.8. The van der Waals surface area contributed by atoms with Gasteiger partial charge in [-0.15, -0.1) is 0 Å². The third-order valence-corrected chi connectivity index (χ3v) is 14.8. The standard InChI is InChI=1S/C65H65N/c1-63(2,3)51-33-37-53(38-34-51)65(54-39-35-52(36-40-54)64(4,5)6)60-25-17-15-24-58(60)59-44-43-56(45-61(59)65)66(62-26-18-16-23-57(62)50-21-13-10-14-22-50)55-41-31-49(32-42-55)48-29-27-47(28-30-48)46-19-11-8-7-9-12-20-46/h10,13-18,21-46H,7-9,11-12,19-20H2,1-6H3. The van der Waals surface area contributed by atoms with Crippen molar-refractivity contribution in [1.82, 2.24) is 0 Å². The van der Waals surface area contributed by atoms with Gasteiger partial charge in [0.2, 0.25) is 0 Å². The molecule has 330 valence electrons. The molecule has 0 N–H and O–H groups in total. The molecule has 0 bridgehead atoms. The molecule has 1 heteroatoms. The Labute approximate surface area is 395 Å². The SMILES string of the molecule is CC(C)(C)c1ccc(C2(c3ccc(C(C)(C)C)cc3)c3ccccc3-c3ccc(N(c4ccc(-c5ccc(C6CCCCCCC6)cc5)cc4)c4ccccc4-c4ccccc4)cc32)cc1. The highest BCUT2D eigenvalue weighted by molar-refractivity contribution is 5.92. The van der Waals surface area contributed by atoms with Crippen molar-refractivity contribution in [3.63, 3.8) is 0 Å². The van der Waals surface area contributed by atoms with E-state index in [0.717, 1.165) is 17.1 Å². The number of benzene rings is 8. The fraction of sp³-hybridized carbons (Fsp3) is 0.262. The number of rotatable bonds is 8. The second kappa shape index (κ2) is 17.7. The zero-order valence-corrected chi connectivity index (χ0v) is 39.9. The molecule has 1 saturated carbocycles. The van der Waals surface area contributed by atoms with Crippen LogP contribution in [0.3, 0.4) is 0 Å². The van der Waals surface area contributed by atoms with Gasteiger partial charge in [0.25, 0.3) is 0 Å². The normalized spacial score (nSPS) is 15.1. The summed E-state index contributed by atoms with van der Waals surface area (Å²) in [5.74, 6) is 0.685. The minimum atomic E-state index is -0.550. The van der Waals surface area contributed by atoms with Crippen LogP contribution in [0.4, 0.5) is 17.1 Å². The molecule has 0 radical (unpaired) electrons. The molecule has 0 amide bonds. The second-order valence-corrected chi connectivity index (χ2v) is 21.1. The highest BCUT2D eigenvalue weighted by Gasteiger charge is 2.46. The van der Waals surface area contributed by atoms with Crippen molar-refractivity contribution in [2.45, 2.75) is 109 Å². The van der Waals surface area contributed by atoms with Crippen molar-refractivity contribution in [2.24, 2.45) is 0 Å². The van der Waals surface area contributed by atoms with Crippen molar-refractivity contribution in [2.75, 3.05) is 4.90 Å². The van der Waals surface area contributed by atoms with Gasteiger partial charge in [0.1, 0.15) is 0 Å². The first kappa shape index (κ1) is 43.5. The fourth-order valence-electron chi connectivity index (χ4n) is 11.1. The molecule has 10 rings (SSSR count). The van der Waals surface area contributed by atoms with E-state index in [1.807, 2.05) is 0 Å². The molecule has 8 aromatic carbocycles. The molecule has 1 fully saturated rings. The number of fused-ring (bicyclic) bond motifs is 3. The van der Waals surface area contributed by atoms with Gasteiger partial charge < -0.3 is 4.90 Å². The molecule has 66 heavy (non-hydrogen) atoms. The Balaban J connectivity index is 1.15. The lowest BCUT2D eigenvalue weighted by Crippen LogP contribution is -2.29. The van der Waals surface area contributed by atoms with Gasteiger partial charge in [-0.3, -0.25) is 0 Å². The first-order chi connectivity index (χ1) is 32.0.